The molecule has 1 unspecified atom stereocenters. The van der Waals surface area contributed by atoms with Crippen molar-refractivity contribution in [1.29, 1.82) is 0 Å². The van der Waals surface area contributed by atoms with Crippen molar-refractivity contribution in [3.05, 3.63) is 149 Å². The van der Waals surface area contributed by atoms with Gasteiger partial charge in [-0.2, -0.15) is 17.7 Å². The van der Waals surface area contributed by atoms with Gasteiger partial charge in [-0.25, -0.2) is 8.42 Å². The number of nitrogens with zero attached hydrogens (tertiary/aromatic N) is 1. The maximum absolute atomic E-state index is 10.7. The first-order valence-electron chi connectivity index (χ1n) is 18.3. The first-order valence-corrected chi connectivity index (χ1v) is 22.4. The number of hydrogen-bond donors (Lipinski definition) is 0. The smallest absolute Gasteiger partial charge is 0.485 e. The van der Waals surface area contributed by atoms with E-state index in [1.807, 2.05) is 49.6 Å². The Morgan fingerprint density at radius 3 is 1.68 bits per heavy atom. The molecule has 0 aliphatic carbocycles. The Bertz CT molecular complexity index is 2050. The van der Waals surface area contributed by atoms with Gasteiger partial charge >= 0.3 is 5.51 Å². The van der Waals surface area contributed by atoms with Crippen LogP contribution < -0.4 is 14.9 Å². The van der Waals surface area contributed by atoms with E-state index >= 15 is 0 Å². The van der Waals surface area contributed by atoms with Gasteiger partial charge in [-0.05, 0) is 26.5 Å². The summed E-state index contributed by atoms with van der Waals surface area (Å²) in [6.45, 7) is 8.03. The van der Waals surface area contributed by atoms with Gasteiger partial charge in [-0.3, -0.25) is 0 Å². The number of alkyl halides is 3. The standard InChI is InChI=1S/C41H48NO5SSi.CHF3O3S/c1-40(2,3)49(34-22-14-8-15-23-34,35-24-16-9-17-25-35)46-31-37-38(45-30-33-20-12-7-13-21-33)36(44-29-32-18-10-6-11-19-32)28-41(43-5,47-37)39-42(4)26-27-48-39;2-1(3,4)8(5,6)7/h6-27,36-38H,28-31H2,1-5H3;(H,5,6,7)/q+1;/p-1/t36-,37-,38+,41?;/m1./s1. The molecular weight excluding hydrogens is 796 g/mol. The summed E-state index contributed by atoms with van der Waals surface area (Å²) in [4.78, 5) is 0. The first kappa shape index (κ1) is 44.3. The molecule has 57 heavy (non-hydrogen) atoms. The number of methoxy groups -OCH3 is 1. The molecule has 1 saturated heterocycles. The Kier molecular flexibility index (Phi) is 14.7. The average Bonchev–Trinajstić information content (AvgIpc) is 3.63. The van der Waals surface area contributed by atoms with Crippen LogP contribution in [0.1, 0.15) is 43.3 Å². The zero-order valence-electron chi connectivity index (χ0n) is 32.4. The molecule has 0 saturated carbocycles. The van der Waals surface area contributed by atoms with E-state index in [-0.39, 0.29) is 17.7 Å². The van der Waals surface area contributed by atoms with Gasteiger partial charge < -0.3 is 27.9 Å². The van der Waals surface area contributed by atoms with Crippen LogP contribution in [-0.4, -0.2) is 58.8 Å². The highest BCUT2D eigenvalue weighted by Crippen LogP contribution is 2.43. The van der Waals surface area contributed by atoms with Gasteiger partial charge in [0.25, 0.3) is 19.1 Å². The molecule has 1 aromatic heterocycles. The number of hydrogen-bond acceptors (Lipinski definition) is 9. The fourth-order valence-electron chi connectivity index (χ4n) is 7.04. The summed E-state index contributed by atoms with van der Waals surface area (Å²) in [6.07, 6.45) is 1.19. The second-order valence-electron chi connectivity index (χ2n) is 14.6. The minimum absolute atomic E-state index is 0.202. The van der Waals surface area contributed by atoms with Crippen LogP contribution in [0, 0.1) is 0 Å². The highest BCUT2D eigenvalue weighted by molar-refractivity contribution is 7.86. The average molecular weight is 844 g/mol. The SMILES string of the molecule is COC1(c2scc[n+]2C)C[C@@H](OCc2ccccc2)[C@H](OCc2ccccc2)[C@@H](CO[Si](c2ccccc2)(c2ccccc2)C(C)(C)C)O1.O=S(=O)([O-])C(F)(F)F. The highest BCUT2D eigenvalue weighted by Gasteiger charge is 2.57. The van der Waals surface area contributed by atoms with Crippen LogP contribution in [0.15, 0.2) is 133 Å². The third-order valence-corrected chi connectivity index (χ3v) is 16.4. The summed E-state index contributed by atoms with van der Waals surface area (Å²) in [5.74, 6) is -1.06. The fourth-order valence-corrected chi connectivity index (χ4v) is 12.6. The monoisotopic (exact) mass is 843 g/mol. The van der Waals surface area contributed by atoms with E-state index in [1.165, 1.54) is 10.4 Å². The van der Waals surface area contributed by atoms with E-state index in [2.05, 4.69) is 116 Å². The number of halogens is 3. The van der Waals surface area contributed by atoms with Gasteiger partial charge in [0.1, 0.15) is 19.3 Å². The molecule has 4 aromatic carbocycles. The van der Waals surface area contributed by atoms with Gasteiger partial charge in [-0.1, -0.05) is 153 Å². The molecule has 0 N–H and O–H groups in total. The molecule has 4 atom stereocenters. The summed E-state index contributed by atoms with van der Waals surface area (Å²) >= 11 is 1.62. The summed E-state index contributed by atoms with van der Waals surface area (Å²) in [6, 6.07) is 42.0. The van der Waals surface area contributed by atoms with Gasteiger partial charge in [0, 0.05) is 13.5 Å². The fraction of sp³-hybridized carbons (Fsp3) is 0.357. The molecular formula is C42H48F3NO8S2Si. The van der Waals surface area contributed by atoms with Gasteiger partial charge in [0.05, 0.1) is 31.3 Å². The van der Waals surface area contributed by atoms with E-state index in [1.54, 1.807) is 18.4 Å². The Hall–Kier alpha value is -3.77. The summed E-state index contributed by atoms with van der Waals surface area (Å²) in [5, 5.41) is 5.24. The lowest BCUT2D eigenvalue weighted by Crippen LogP contribution is -2.68. The van der Waals surface area contributed by atoms with Crippen LogP contribution >= 0.6 is 11.3 Å². The highest BCUT2D eigenvalue weighted by atomic mass is 32.2. The molecule has 1 aliphatic rings. The number of aryl methyl sites for hydroxylation is 1. The molecule has 1 aliphatic heterocycles. The van der Waals surface area contributed by atoms with Crippen molar-refractivity contribution in [3.63, 3.8) is 0 Å². The topological polar surface area (TPSA) is 107 Å². The van der Waals surface area contributed by atoms with E-state index < -0.39 is 41.9 Å². The van der Waals surface area contributed by atoms with Crippen molar-refractivity contribution in [2.75, 3.05) is 13.7 Å². The van der Waals surface area contributed by atoms with E-state index in [0.717, 1.165) is 16.1 Å². The van der Waals surface area contributed by atoms with Gasteiger partial charge in [0.2, 0.25) is 0 Å². The lowest BCUT2D eigenvalue weighted by atomic mass is 9.95. The Balaban J connectivity index is 0.000000701. The van der Waals surface area contributed by atoms with Gasteiger partial charge in [0.15, 0.2) is 16.3 Å². The lowest BCUT2D eigenvalue weighted by molar-refractivity contribution is -0.687. The molecule has 15 heteroatoms. The van der Waals surface area contributed by atoms with Crippen LogP contribution in [0.3, 0.4) is 0 Å². The molecule has 6 rings (SSSR count). The maximum atomic E-state index is 10.7. The molecule has 306 valence electrons. The van der Waals surface area contributed by atoms with Crippen LogP contribution in [0.5, 0.6) is 0 Å². The van der Waals surface area contributed by atoms with Crippen molar-refractivity contribution in [1.82, 2.24) is 0 Å². The third-order valence-electron chi connectivity index (χ3n) is 9.74. The second-order valence-corrected chi connectivity index (χ2v) is 21.2. The van der Waals surface area contributed by atoms with Crippen LogP contribution in [0.4, 0.5) is 13.2 Å². The minimum Gasteiger partial charge on any atom is -0.741 e. The zero-order chi connectivity index (χ0) is 41.3. The second kappa shape index (κ2) is 18.9. The van der Waals surface area contributed by atoms with Crippen molar-refractivity contribution in [3.8, 4) is 0 Å². The quantitative estimate of drug-likeness (QED) is 0.0543. The molecule has 0 amide bonds. The Labute approximate surface area is 337 Å². The van der Waals surface area contributed by atoms with Crippen LogP contribution in [0.2, 0.25) is 5.04 Å². The molecule has 0 spiro atoms. The molecule has 2 heterocycles. The van der Waals surface area contributed by atoms with Gasteiger partial charge in [-0.15, -0.1) is 0 Å². The van der Waals surface area contributed by atoms with Crippen molar-refractivity contribution >= 4 is 40.1 Å². The molecule has 1 fully saturated rings. The van der Waals surface area contributed by atoms with E-state index in [0.29, 0.717) is 19.6 Å². The molecule has 0 radical (unpaired) electrons. The summed E-state index contributed by atoms with van der Waals surface area (Å²) < 4.78 is 95.7. The number of rotatable bonds is 13. The molecule has 9 nitrogen and oxygen atoms in total. The largest absolute Gasteiger partial charge is 0.741 e. The van der Waals surface area contributed by atoms with E-state index in [4.69, 9.17) is 36.3 Å². The molecule has 5 aromatic rings. The van der Waals surface area contributed by atoms with Crippen LogP contribution in [-0.2, 0) is 59.5 Å². The predicted molar refractivity (Wildman–Crippen MR) is 213 cm³/mol. The third kappa shape index (κ3) is 10.6. The van der Waals surface area contributed by atoms with Crippen LogP contribution in [0.25, 0.3) is 0 Å². The van der Waals surface area contributed by atoms with Crippen molar-refractivity contribution in [2.24, 2.45) is 7.05 Å². The zero-order valence-corrected chi connectivity index (χ0v) is 35.1. The maximum Gasteiger partial charge on any atom is 0.485 e. The minimum atomic E-state index is -6.09. The Morgan fingerprint density at radius 1 is 0.825 bits per heavy atom. The normalized spacial score (nSPS) is 20.4. The number of aromatic nitrogens is 1. The van der Waals surface area contributed by atoms with Crippen molar-refractivity contribution in [2.45, 2.75) is 75.1 Å². The number of ether oxygens (including phenoxy) is 4. The Morgan fingerprint density at radius 2 is 1.28 bits per heavy atom. The first-order chi connectivity index (χ1) is 27.0. The lowest BCUT2D eigenvalue weighted by Gasteiger charge is -2.48. The van der Waals surface area contributed by atoms with Crippen molar-refractivity contribution < 1.29 is 54.1 Å². The van der Waals surface area contributed by atoms with E-state index in [9.17, 15) is 13.2 Å². The number of thiazole rings is 1. The summed E-state index contributed by atoms with van der Waals surface area (Å²) in [7, 11) is -5.24. The molecule has 0 bridgehead atoms. The number of benzene rings is 4. The summed E-state index contributed by atoms with van der Waals surface area (Å²) in [5.41, 5.74) is -3.46. The predicted octanol–water partition coefficient (Wildman–Crippen LogP) is 6.96.